The van der Waals surface area contributed by atoms with Gasteiger partial charge in [0, 0.05) is 38.3 Å². The largest absolute Gasteiger partial charge is 0.370 e. The van der Waals surface area contributed by atoms with Crippen molar-refractivity contribution in [3.05, 3.63) is 29.3 Å². The minimum Gasteiger partial charge on any atom is -0.370 e. The van der Waals surface area contributed by atoms with Gasteiger partial charge >= 0.3 is 0 Å². The van der Waals surface area contributed by atoms with Crippen LogP contribution in [0.2, 0.25) is 0 Å². The number of carbonyl (C=O) groups excluding carboxylic acids is 1. The number of piperazine rings is 1. The summed E-state index contributed by atoms with van der Waals surface area (Å²) in [4.78, 5) is 15.6. The number of benzene rings is 1. The second-order valence-electron chi connectivity index (χ2n) is 5.62. The summed E-state index contributed by atoms with van der Waals surface area (Å²) in [6.45, 7) is 9.58. The number of primary amides is 1. The lowest BCUT2D eigenvalue weighted by molar-refractivity contribution is -0.118. The number of aryl methyl sites for hydroxylation is 1. The van der Waals surface area contributed by atoms with E-state index in [1.807, 2.05) is 0 Å². The van der Waals surface area contributed by atoms with Gasteiger partial charge in [-0.05, 0) is 44.0 Å². The molecule has 1 saturated heterocycles. The number of hydrogen-bond acceptors (Lipinski definition) is 3. The second-order valence-corrected chi connectivity index (χ2v) is 5.62. The van der Waals surface area contributed by atoms with Crippen molar-refractivity contribution in [2.75, 3.05) is 37.6 Å². The van der Waals surface area contributed by atoms with Gasteiger partial charge < -0.3 is 10.6 Å². The SMILES string of the molecule is Cc1cccc(N2CCN(CCCC(N)=O)CC2)c1C. The lowest BCUT2D eigenvalue weighted by Gasteiger charge is -2.37. The van der Waals surface area contributed by atoms with E-state index in [-0.39, 0.29) is 5.91 Å². The Kier molecular flexibility index (Phi) is 5.01. The molecule has 1 aliphatic heterocycles. The third kappa shape index (κ3) is 3.73. The highest BCUT2D eigenvalue weighted by molar-refractivity contribution is 5.73. The number of hydrogen-bond donors (Lipinski definition) is 1. The highest BCUT2D eigenvalue weighted by Gasteiger charge is 2.18. The van der Waals surface area contributed by atoms with Crippen molar-refractivity contribution in [3.63, 3.8) is 0 Å². The Hall–Kier alpha value is -1.55. The van der Waals surface area contributed by atoms with Crippen LogP contribution in [0.25, 0.3) is 0 Å². The first kappa shape index (κ1) is 14.9. The van der Waals surface area contributed by atoms with Gasteiger partial charge in [-0.15, -0.1) is 0 Å². The van der Waals surface area contributed by atoms with Crippen LogP contribution in [0, 0.1) is 13.8 Å². The molecule has 1 heterocycles. The summed E-state index contributed by atoms with van der Waals surface area (Å²) < 4.78 is 0. The van der Waals surface area contributed by atoms with Crippen LogP contribution in [0.4, 0.5) is 5.69 Å². The third-order valence-electron chi connectivity index (χ3n) is 4.19. The molecular weight excluding hydrogens is 250 g/mol. The van der Waals surface area contributed by atoms with E-state index < -0.39 is 0 Å². The van der Waals surface area contributed by atoms with Gasteiger partial charge in [0.1, 0.15) is 0 Å². The Balaban J connectivity index is 1.85. The van der Waals surface area contributed by atoms with E-state index in [4.69, 9.17) is 5.73 Å². The second kappa shape index (κ2) is 6.75. The Morgan fingerprint density at radius 2 is 1.90 bits per heavy atom. The zero-order valence-corrected chi connectivity index (χ0v) is 12.6. The summed E-state index contributed by atoms with van der Waals surface area (Å²) in [5.41, 5.74) is 9.27. The molecule has 1 aromatic rings. The van der Waals surface area contributed by atoms with E-state index in [9.17, 15) is 4.79 Å². The summed E-state index contributed by atoms with van der Waals surface area (Å²) in [7, 11) is 0. The molecule has 2 rings (SSSR count). The molecule has 1 aromatic carbocycles. The molecule has 1 fully saturated rings. The topological polar surface area (TPSA) is 49.6 Å². The molecule has 0 saturated carbocycles. The summed E-state index contributed by atoms with van der Waals surface area (Å²) >= 11 is 0. The van der Waals surface area contributed by atoms with E-state index in [0.29, 0.717) is 6.42 Å². The number of rotatable bonds is 5. The van der Waals surface area contributed by atoms with Crippen molar-refractivity contribution in [1.29, 1.82) is 0 Å². The average molecular weight is 275 g/mol. The van der Waals surface area contributed by atoms with Gasteiger partial charge in [0.2, 0.25) is 5.91 Å². The third-order valence-corrected chi connectivity index (χ3v) is 4.19. The zero-order chi connectivity index (χ0) is 14.5. The van der Waals surface area contributed by atoms with Crippen LogP contribution < -0.4 is 10.6 Å². The van der Waals surface area contributed by atoms with Crippen LogP contribution in [0.5, 0.6) is 0 Å². The van der Waals surface area contributed by atoms with Crippen molar-refractivity contribution in [2.24, 2.45) is 5.73 Å². The molecule has 0 unspecified atom stereocenters. The van der Waals surface area contributed by atoms with Crippen molar-refractivity contribution < 1.29 is 4.79 Å². The fourth-order valence-electron chi connectivity index (χ4n) is 2.77. The molecule has 0 aliphatic carbocycles. The van der Waals surface area contributed by atoms with Crippen LogP contribution in [-0.2, 0) is 4.79 Å². The first-order chi connectivity index (χ1) is 9.58. The standard InChI is InChI=1S/C16H25N3O/c1-13-5-3-6-15(14(13)2)19-11-9-18(10-12-19)8-4-7-16(17)20/h3,5-6H,4,7-12H2,1-2H3,(H2,17,20). The number of anilines is 1. The molecule has 1 aliphatic rings. The van der Waals surface area contributed by atoms with Gasteiger partial charge in [-0.1, -0.05) is 12.1 Å². The van der Waals surface area contributed by atoms with Crippen LogP contribution in [0.3, 0.4) is 0 Å². The lowest BCUT2D eigenvalue weighted by Crippen LogP contribution is -2.47. The van der Waals surface area contributed by atoms with Crippen molar-refractivity contribution in [2.45, 2.75) is 26.7 Å². The Bertz CT molecular complexity index is 465. The Labute approximate surface area is 121 Å². The van der Waals surface area contributed by atoms with Gasteiger partial charge in [-0.25, -0.2) is 0 Å². The van der Waals surface area contributed by atoms with Gasteiger partial charge in [0.05, 0.1) is 0 Å². The number of amides is 1. The van der Waals surface area contributed by atoms with Gasteiger partial charge in [-0.2, -0.15) is 0 Å². The predicted molar refractivity (Wildman–Crippen MR) is 83.0 cm³/mol. The molecule has 4 heteroatoms. The first-order valence-electron chi connectivity index (χ1n) is 7.40. The minimum atomic E-state index is -0.195. The minimum absolute atomic E-state index is 0.195. The maximum absolute atomic E-state index is 10.7. The van der Waals surface area contributed by atoms with E-state index in [2.05, 4.69) is 41.8 Å². The summed E-state index contributed by atoms with van der Waals surface area (Å²) in [6, 6.07) is 6.51. The quantitative estimate of drug-likeness (QED) is 0.889. The van der Waals surface area contributed by atoms with Crippen LogP contribution in [0.1, 0.15) is 24.0 Å². The number of nitrogens with two attached hydrogens (primary N) is 1. The van der Waals surface area contributed by atoms with Crippen molar-refractivity contribution in [3.8, 4) is 0 Å². The molecule has 1 amide bonds. The predicted octanol–water partition coefficient (Wildman–Crippen LogP) is 1.69. The molecule has 0 radical (unpaired) electrons. The summed E-state index contributed by atoms with van der Waals surface area (Å²) in [5, 5.41) is 0. The zero-order valence-electron chi connectivity index (χ0n) is 12.6. The normalized spacial score (nSPS) is 16.4. The molecule has 0 aromatic heterocycles. The van der Waals surface area contributed by atoms with E-state index >= 15 is 0 Å². The number of carbonyl (C=O) groups is 1. The molecule has 4 nitrogen and oxygen atoms in total. The molecular formula is C16H25N3O. The van der Waals surface area contributed by atoms with Crippen molar-refractivity contribution >= 4 is 11.6 Å². The van der Waals surface area contributed by atoms with Gasteiger partial charge in [0.25, 0.3) is 0 Å². The van der Waals surface area contributed by atoms with Gasteiger partial charge in [0.15, 0.2) is 0 Å². The van der Waals surface area contributed by atoms with Crippen molar-refractivity contribution in [1.82, 2.24) is 4.90 Å². The maximum atomic E-state index is 10.7. The van der Waals surface area contributed by atoms with E-state index in [1.165, 1.54) is 16.8 Å². The number of nitrogens with zero attached hydrogens (tertiary/aromatic N) is 2. The van der Waals surface area contributed by atoms with Crippen LogP contribution in [-0.4, -0.2) is 43.5 Å². The molecule has 0 spiro atoms. The summed E-state index contributed by atoms with van der Waals surface area (Å²) in [5.74, 6) is -0.195. The van der Waals surface area contributed by atoms with Crippen LogP contribution in [0.15, 0.2) is 18.2 Å². The van der Waals surface area contributed by atoms with Gasteiger partial charge in [-0.3, -0.25) is 9.69 Å². The van der Waals surface area contributed by atoms with E-state index in [0.717, 1.165) is 39.1 Å². The molecule has 20 heavy (non-hydrogen) atoms. The fraction of sp³-hybridized carbons (Fsp3) is 0.562. The molecule has 2 N–H and O–H groups in total. The monoisotopic (exact) mass is 275 g/mol. The smallest absolute Gasteiger partial charge is 0.217 e. The molecule has 110 valence electrons. The fourth-order valence-corrected chi connectivity index (χ4v) is 2.77. The summed E-state index contributed by atoms with van der Waals surface area (Å²) in [6.07, 6.45) is 1.37. The first-order valence-corrected chi connectivity index (χ1v) is 7.40. The maximum Gasteiger partial charge on any atom is 0.217 e. The van der Waals surface area contributed by atoms with Crippen LogP contribution >= 0.6 is 0 Å². The molecule has 0 atom stereocenters. The lowest BCUT2D eigenvalue weighted by atomic mass is 10.1. The Morgan fingerprint density at radius 1 is 1.20 bits per heavy atom. The van der Waals surface area contributed by atoms with E-state index in [1.54, 1.807) is 0 Å². The average Bonchev–Trinajstić information content (AvgIpc) is 2.42. The Morgan fingerprint density at radius 3 is 2.55 bits per heavy atom. The highest BCUT2D eigenvalue weighted by Crippen LogP contribution is 2.23. The molecule has 0 bridgehead atoms. The highest BCUT2D eigenvalue weighted by atomic mass is 16.1.